The van der Waals surface area contributed by atoms with E-state index in [1.54, 1.807) is 0 Å². The van der Waals surface area contributed by atoms with Gasteiger partial charge in [0.2, 0.25) is 0 Å². The quantitative estimate of drug-likeness (QED) is 0.172. The number of hydrogen-bond acceptors (Lipinski definition) is 2. The molecule has 1 heterocycles. The Balaban J connectivity index is 1.16. The van der Waals surface area contributed by atoms with Gasteiger partial charge in [-0.25, -0.2) is 0 Å². The third-order valence-corrected chi connectivity index (χ3v) is 11.6. The summed E-state index contributed by atoms with van der Waals surface area (Å²) in [6.45, 7) is 4.69. The first-order valence-electron chi connectivity index (χ1n) is 18.4. The molecule has 1 aromatic heterocycles. The smallest absolute Gasteiger partial charge is 0.143 e. The van der Waals surface area contributed by atoms with Crippen LogP contribution in [0.5, 0.6) is 0 Å². The lowest BCUT2D eigenvalue weighted by Crippen LogP contribution is -2.15. The average Bonchev–Trinajstić information content (AvgIpc) is 3.70. The summed E-state index contributed by atoms with van der Waals surface area (Å²) in [4.78, 5) is 2.43. The highest BCUT2D eigenvalue weighted by Crippen LogP contribution is 2.51. The van der Waals surface area contributed by atoms with Crippen LogP contribution in [-0.2, 0) is 5.41 Å². The zero-order valence-corrected chi connectivity index (χ0v) is 29.6. The third-order valence-electron chi connectivity index (χ3n) is 11.6. The molecule has 10 aromatic rings. The van der Waals surface area contributed by atoms with Crippen LogP contribution in [0.4, 0.5) is 17.1 Å². The van der Waals surface area contributed by atoms with Gasteiger partial charge in [0.15, 0.2) is 0 Å². The Morgan fingerprint density at radius 2 is 0.925 bits per heavy atom. The Morgan fingerprint density at radius 1 is 0.377 bits per heavy atom. The fourth-order valence-corrected chi connectivity index (χ4v) is 9.12. The minimum atomic E-state index is -0.0661. The van der Waals surface area contributed by atoms with E-state index in [1.807, 2.05) is 6.07 Å². The van der Waals surface area contributed by atoms with Gasteiger partial charge in [0.05, 0.1) is 0 Å². The monoisotopic (exact) mass is 677 g/mol. The van der Waals surface area contributed by atoms with Crippen molar-refractivity contribution in [2.45, 2.75) is 19.3 Å². The second kappa shape index (κ2) is 11.2. The normalized spacial score (nSPS) is 13.2. The molecule has 0 saturated heterocycles. The number of hydrogen-bond donors (Lipinski definition) is 0. The maximum absolute atomic E-state index is 6.52. The number of anilines is 3. The average molecular weight is 678 g/mol. The number of rotatable bonds is 4. The number of fused-ring (bicyclic) bond motifs is 12. The molecule has 250 valence electrons. The van der Waals surface area contributed by atoms with E-state index in [4.69, 9.17) is 4.42 Å². The van der Waals surface area contributed by atoms with Crippen LogP contribution < -0.4 is 4.90 Å². The highest BCUT2D eigenvalue weighted by Gasteiger charge is 2.35. The van der Waals surface area contributed by atoms with Crippen molar-refractivity contribution >= 4 is 71.3 Å². The molecule has 0 N–H and O–H groups in total. The second-order valence-corrected chi connectivity index (χ2v) is 14.9. The van der Waals surface area contributed by atoms with E-state index in [2.05, 4.69) is 189 Å². The van der Waals surface area contributed by atoms with Crippen LogP contribution in [0.2, 0.25) is 0 Å². The first-order valence-corrected chi connectivity index (χ1v) is 18.4. The summed E-state index contributed by atoms with van der Waals surface area (Å²) in [5.41, 5.74) is 12.6. The Morgan fingerprint density at radius 3 is 1.72 bits per heavy atom. The fourth-order valence-electron chi connectivity index (χ4n) is 9.12. The lowest BCUT2D eigenvalue weighted by Gasteiger charge is -2.28. The standard InChI is InChI=1S/C51H35NO/c1-51(2)47-23-9-7-19-42(47)46-31-35(26-28-48(46)51)52(34-25-27-41-39-17-4-3-15-37(39)38-16-5-6-18-40(38)45(41)30-34)33-14-11-13-32(29-33)36-21-12-22-44-43-20-8-10-24-49(43)53-50(36)44/h3-31H,1-2H3. The van der Waals surface area contributed by atoms with Crippen LogP contribution in [-0.4, -0.2) is 0 Å². The van der Waals surface area contributed by atoms with Crippen LogP contribution in [0.25, 0.3) is 76.5 Å². The SMILES string of the molecule is CC1(C)c2ccccc2-c2cc(N(c3cccc(-c4cccc5c4oc4ccccc45)c3)c3ccc4c5ccccc5c5ccccc5c4c3)ccc21. The highest BCUT2D eigenvalue weighted by molar-refractivity contribution is 6.25. The molecule has 0 atom stereocenters. The van der Waals surface area contributed by atoms with Crippen molar-refractivity contribution in [1.82, 2.24) is 0 Å². The van der Waals surface area contributed by atoms with Crippen molar-refractivity contribution in [2.75, 3.05) is 4.90 Å². The van der Waals surface area contributed by atoms with E-state index in [-0.39, 0.29) is 5.41 Å². The molecular formula is C51H35NO. The molecule has 2 nitrogen and oxygen atoms in total. The molecule has 1 aliphatic carbocycles. The van der Waals surface area contributed by atoms with E-state index in [9.17, 15) is 0 Å². The van der Waals surface area contributed by atoms with Crippen molar-refractivity contribution in [3.63, 3.8) is 0 Å². The van der Waals surface area contributed by atoms with E-state index < -0.39 is 0 Å². The molecule has 9 aromatic carbocycles. The van der Waals surface area contributed by atoms with Crippen LogP contribution in [0.1, 0.15) is 25.0 Å². The number of furan rings is 1. The predicted molar refractivity (Wildman–Crippen MR) is 224 cm³/mol. The Bertz CT molecular complexity index is 3070. The molecule has 2 heteroatoms. The van der Waals surface area contributed by atoms with Gasteiger partial charge in [-0.2, -0.15) is 0 Å². The molecule has 0 aliphatic heterocycles. The van der Waals surface area contributed by atoms with Crippen LogP contribution in [0, 0.1) is 0 Å². The number of para-hydroxylation sites is 2. The van der Waals surface area contributed by atoms with Gasteiger partial charge < -0.3 is 9.32 Å². The molecule has 1 aliphatic rings. The van der Waals surface area contributed by atoms with Crippen LogP contribution >= 0.6 is 0 Å². The molecule has 0 saturated carbocycles. The third kappa shape index (κ3) is 4.39. The lowest BCUT2D eigenvalue weighted by atomic mass is 9.82. The lowest BCUT2D eigenvalue weighted by molar-refractivity contribution is 0.660. The van der Waals surface area contributed by atoms with Gasteiger partial charge in [0, 0.05) is 38.8 Å². The summed E-state index contributed by atoms with van der Waals surface area (Å²) < 4.78 is 6.52. The van der Waals surface area contributed by atoms with Crippen molar-refractivity contribution in [1.29, 1.82) is 0 Å². The molecule has 0 radical (unpaired) electrons. The second-order valence-electron chi connectivity index (χ2n) is 14.9. The Kier molecular flexibility index (Phi) is 6.33. The van der Waals surface area contributed by atoms with E-state index >= 15 is 0 Å². The zero-order chi connectivity index (χ0) is 35.3. The Labute approximate surface area is 308 Å². The molecular weight excluding hydrogens is 643 g/mol. The first kappa shape index (κ1) is 30.0. The van der Waals surface area contributed by atoms with E-state index in [0.717, 1.165) is 50.1 Å². The molecule has 11 rings (SSSR count). The maximum Gasteiger partial charge on any atom is 0.143 e. The summed E-state index contributed by atoms with van der Waals surface area (Å²) in [6.07, 6.45) is 0. The van der Waals surface area contributed by atoms with E-state index in [0.29, 0.717) is 0 Å². The highest BCUT2D eigenvalue weighted by atomic mass is 16.3. The largest absolute Gasteiger partial charge is 0.455 e. The van der Waals surface area contributed by atoms with Crippen molar-refractivity contribution in [2.24, 2.45) is 0 Å². The number of benzene rings is 9. The van der Waals surface area contributed by atoms with Gasteiger partial charge in [-0.05, 0) is 103 Å². The van der Waals surface area contributed by atoms with Gasteiger partial charge in [-0.3, -0.25) is 0 Å². The predicted octanol–water partition coefficient (Wildman–Crippen LogP) is 14.5. The molecule has 0 amide bonds. The molecule has 0 unspecified atom stereocenters. The molecule has 0 bridgehead atoms. The number of nitrogens with zero attached hydrogens (tertiary/aromatic N) is 1. The topological polar surface area (TPSA) is 16.4 Å². The summed E-state index contributed by atoms with van der Waals surface area (Å²) >= 11 is 0. The minimum Gasteiger partial charge on any atom is -0.455 e. The minimum absolute atomic E-state index is 0.0661. The molecule has 0 fully saturated rings. The van der Waals surface area contributed by atoms with Crippen molar-refractivity contribution in [3.8, 4) is 22.3 Å². The fraction of sp³-hybridized carbons (Fsp3) is 0.0588. The first-order chi connectivity index (χ1) is 26.0. The van der Waals surface area contributed by atoms with Crippen LogP contribution in [0.15, 0.2) is 180 Å². The summed E-state index contributed by atoms with van der Waals surface area (Å²) in [5, 5.41) is 9.88. The van der Waals surface area contributed by atoms with Gasteiger partial charge in [-0.15, -0.1) is 0 Å². The zero-order valence-electron chi connectivity index (χ0n) is 29.6. The van der Waals surface area contributed by atoms with Gasteiger partial charge >= 0.3 is 0 Å². The summed E-state index contributed by atoms with van der Waals surface area (Å²) in [5.74, 6) is 0. The van der Waals surface area contributed by atoms with Gasteiger partial charge in [0.25, 0.3) is 0 Å². The summed E-state index contributed by atoms with van der Waals surface area (Å²) in [7, 11) is 0. The molecule has 53 heavy (non-hydrogen) atoms. The Hall–Kier alpha value is -6.64. The van der Waals surface area contributed by atoms with Gasteiger partial charge in [-0.1, -0.05) is 147 Å². The van der Waals surface area contributed by atoms with Crippen LogP contribution in [0.3, 0.4) is 0 Å². The summed E-state index contributed by atoms with van der Waals surface area (Å²) in [6, 6.07) is 64.3. The van der Waals surface area contributed by atoms with E-state index in [1.165, 1.54) is 54.6 Å². The maximum atomic E-state index is 6.52. The van der Waals surface area contributed by atoms with Gasteiger partial charge in [0.1, 0.15) is 11.2 Å². The molecule has 0 spiro atoms. The van der Waals surface area contributed by atoms with Crippen molar-refractivity contribution in [3.05, 3.63) is 187 Å². The van der Waals surface area contributed by atoms with Crippen molar-refractivity contribution < 1.29 is 4.42 Å².